The van der Waals surface area contributed by atoms with Gasteiger partial charge in [-0.3, -0.25) is 4.55 Å². The van der Waals surface area contributed by atoms with E-state index in [2.05, 4.69) is 4.98 Å². The predicted octanol–water partition coefficient (Wildman–Crippen LogP) is 2.97. The summed E-state index contributed by atoms with van der Waals surface area (Å²) in [5, 5.41) is 0. The molecule has 0 aliphatic carbocycles. The van der Waals surface area contributed by atoms with Crippen molar-refractivity contribution >= 4 is 21.2 Å². The Labute approximate surface area is 122 Å². The second-order valence-electron chi connectivity index (χ2n) is 4.82. The summed E-state index contributed by atoms with van der Waals surface area (Å²) >= 11 is 0. The van der Waals surface area contributed by atoms with Gasteiger partial charge in [0.15, 0.2) is 11.5 Å². The van der Waals surface area contributed by atoms with Crippen molar-refractivity contribution in [3.05, 3.63) is 59.5 Å². The van der Waals surface area contributed by atoms with Gasteiger partial charge in [0.2, 0.25) is 0 Å². The van der Waals surface area contributed by atoms with E-state index in [0.29, 0.717) is 17.9 Å². The van der Waals surface area contributed by atoms with E-state index in [-0.39, 0.29) is 4.90 Å². The zero-order valence-electron chi connectivity index (χ0n) is 11.3. The summed E-state index contributed by atoms with van der Waals surface area (Å²) in [4.78, 5) is 4.24. The SMILES string of the molecule is Cc1ccc(S(=O)(=O)O)cc1Cc1nc2ccccc2o1. The van der Waals surface area contributed by atoms with Crippen molar-refractivity contribution in [3.63, 3.8) is 0 Å². The Morgan fingerprint density at radius 3 is 2.67 bits per heavy atom. The molecule has 0 spiro atoms. The highest BCUT2D eigenvalue weighted by Crippen LogP contribution is 2.21. The van der Waals surface area contributed by atoms with E-state index in [1.54, 1.807) is 6.07 Å². The molecule has 2 aromatic carbocycles. The van der Waals surface area contributed by atoms with Crippen LogP contribution in [0.2, 0.25) is 0 Å². The van der Waals surface area contributed by atoms with Gasteiger partial charge in [-0.05, 0) is 42.3 Å². The average molecular weight is 303 g/mol. The van der Waals surface area contributed by atoms with Crippen molar-refractivity contribution < 1.29 is 17.4 Å². The first-order valence-corrected chi connectivity index (χ1v) is 7.79. The molecule has 0 bridgehead atoms. The Balaban J connectivity index is 2.01. The van der Waals surface area contributed by atoms with E-state index in [9.17, 15) is 8.42 Å². The van der Waals surface area contributed by atoms with Crippen LogP contribution in [0.5, 0.6) is 0 Å². The molecular weight excluding hydrogens is 290 g/mol. The molecule has 0 amide bonds. The molecule has 0 fully saturated rings. The van der Waals surface area contributed by atoms with E-state index in [1.165, 1.54) is 12.1 Å². The highest BCUT2D eigenvalue weighted by Gasteiger charge is 2.13. The molecule has 1 N–H and O–H groups in total. The van der Waals surface area contributed by atoms with Gasteiger partial charge >= 0.3 is 0 Å². The van der Waals surface area contributed by atoms with Gasteiger partial charge in [0, 0.05) is 6.42 Å². The third-order valence-electron chi connectivity index (χ3n) is 3.30. The van der Waals surface area contributed by atoms with Gasteiger partial charge in [-0.1, -0.05) is 18.2 Å². The fourth-order valence-electron chi connectivity index (χ4n) is 2.16. The minimum absolute atomic E-state index is 0.126. The lowest BCUT2D eigenvalue weighted by Crippen LogP contribution is -2.01. The summed E-state index contributed by atoms with van der Waals surface area (Å²) < 4.78 is 37.2. The van der Waals surface area contributed by atoms with Gasteiger partial charge in [0.25, 0.3) is 10.1 Å². The summed E-state index contributed by atoms with van der Waals surface area (Å²) in [6.07, 6.45) is 0.365. The van der Waals surface area contributed by atoms with Gasteiger partial charge in [-0.15, -0.1) is 0 Å². The minimum atomic E-state index is -4.21. The molecule has 108 valence electrons. The third kappa shape index (κ3) is 2.81. The van der Waals surface area contributed by atoms with E-state index in [1.807, 2.05) is 31.2 Å². The first-order valence-electron chi connectivity index (χ1n) is 6.35. The van der Waals surface area contributed by atoms with Crippen molar-refractivity contribution in [1.29, 1.82) is 0 Å². The largest absolute Gasteiger partial charge is 0.440 e. The van der Waals surface area contributed by atoms with Crippen LogP contribution in [0.15, 0.2) is 51.8 Å². The van der Waals surface area contributed by atoms with Gasteiger partial charge in [-0.2, -0.15) is 8.42 Å². The second kappa shape index (κ2) is 4.98. The number of nitrogens with zero attached hydrogens (tertiary/aromatic N) is 1. The van der Waals surface area contributed by atoms with Gasteiger partial charge in [0.05, 0.1) is 4.90 Å². The summed E-state index contributed by atoms with van der Waals surface area (Å²) in [5.74, 6) is 0.506. The molecule has 5 nitrogen and oxygen atoms in total. The highest BCUT2D eigenvalue weighted by atomic mass is 32.2. The fourth-order valence-corrected chi connectivity index (χ4v) is 2.69. The molecule has 3 rings (SSSR count). The summed E-state index contributed by atoms with van der Waals surface area (Å²) in [5.41, 5.74) is 3.11. The second-order valence-corrected chi connectivity index (χ2v) is 6.24. The zero-order chi connectivity index (χ0) is 15.0. The Kier molecular flexibility index (Phi) is 3.27. The molecule has 0 unspecified atom stereocenters. The lowest BCUT2D eigenvalue weighted by molar-refractivity contribution is 0.483. The fraction of sp³-hybridized carbons (Fsp3) is 0.133. The van der Waals surface area contributed by atoms with Crippen LogP contribution in [-0.4, -0.2) is 18.0 Å². The normalized spacial score (nSPS) is 11.9. The third-order valence-corrected chi connectivity index (χ3v) is 4.15. The highest BCUT2D eigenvalue weighted by molar-refractivity contribution is 7.85. The van der Waals surface area contributed by atoms with E-state index in [0.717, 1.165) is 16.6 Å². The monoisotopic (exact) mass is 303 g/mol. The summed E-state index contributed by atoms with van der Waals surface area (Å²) in [6, 6.07) is 11.9. The molecule has 0 saturated carbocycles. The van der Waals surface area contributed by atoms with Crippen LogP contribution < -0.4 is 0 Å². The first-order chi connectivity index (χ1) is 9.93. The molecule has 0 aliphatic rings. The number of aromatic nitrogens is 1. The van der Waals surface area contributed by atoms with Crippen LogP contribution in [0.3, 0.4) is 0 Å². The topological polar surface area (TPSA) is 80.4 Å². The zero-order valence-corrected chi connectivity index (χ0v) is 12.1. The maximum Gasteiger partial charge on any atom is 0.294 e. The maximum absolute atomic E-state index is 11.2. The van der Waals surface area contributed by atoms with Gasteiger partial charge < -0.3 is 4.42 Å². The smallest absolute Gasteiger partial charge is 0.294 e. The number of fused-ring (bicyclic) bond motifs is 1. The predicted molar refractivity (Wildman–Crippen MR) is 77.8 cm³/mol. The van der Waals surface area contributed by atoms with Crippen LogP contribution in [0, 0.1) is 6.92 Å². The Hall–Kier alpha value is -2.18. The minimum Gasteiger partial charge on any atom is -0.440 e. The van der Waals surface area contributed by atoms with Crippen LogP contribution in [0.1, 0.15) is 17.0 Å². The Bertz CT molecular complexity index is 879. The number of aryl methyl sites for hydroxylation is 1. The number of rotatable bonds is 3. The molecule has 0 saturated heterocycles. The van der Waals surface area contributed by atoms with E-state index in [4.69, 9.17) is 8.97 Å². The van der Waals surface area contributed by atoms with E-state index >= 15 is 0 Å². The number of para-hydroxylation sites is 2. The first kappa shape index (κ1) is 13.8. The van der Waals surface area contributed by atoms with Crippen LogP contribution in [0.4, 0.5) is 0 Å². The Morgan fingerprint density at radius 1 is 1.19 bits per heavy atom. The van der Waals surface area contributed by atoms with Gasteiger partial charge in [-0.25, -0.2) is 4.98 Å². The molecular formula is C15H13NO4S. The van der Waals surface area contributed by atoms with Crippen molar-refractivity contribution in [2.45, 2.75) is 18.2 Å². The lowest BCUT2D eigenvalue weighted by atomic mass is 10.1. The number of oxazole rings is 1. The standard InChI is InChI=1S/C15H13NO4S/c1-10-6-7-12(21(17,18)19)8-11(10)9-15-16-13-4-2-3-5-14(13)20-15/h2-8H,9H2,1H3,(H,17,18,19). The molecule has 0 radical (unpaired) electrons. The molecule has 1 heterocycles. The van der Waals surface area contributed by atoms with Crippen molar-refractivity contribution in [1.82, 2.24) is 4.98 Å². The molecule has 0 aliphatic heterocycles. The quantitative estimate of drug-likeness (QED) is 0.752. The molecule has 21 heavy (non-hydrogen) atoms. The molecule has 3 aromatic rings. The van der Waals surface area contributed by atoms with Crippen molar-refractivity contribution in [2.75, 3.05) is 0 Å². The number of hydrogen-bond acceptors (Lipinski definition) is 4. The average Bonchev–Trinajstić information content (AvgIpc) is 2.82. The van der Waals surface area contributed by atoms with Crippen LogP contribution in [0.25, 0.3) is 11.1 Å². The van der Waals surface area contributed by atoms with Crippen LogP contribution >= 0.6 is 0 Å². The molecule has 0 atom stereocenters. The Morgan fingerprint density at radius 2 is 1.95 bits per heavy atom. The number of hydrogen-bond donors (Lipinski definition) is 1. The maximum atomic E-state index is 11.2. The van der Waals surface area contributed by atoms with Crippen molar-refractivity contribution in [3.8, 4) is 0 Å². The van der Waals surface area contributed by atoms with Gasteiger partial charge in [0.1, 0.15) is 5.52 Å². The van der Waals surface area contributed by atoms with E-state index < -0.39 is 10.1 Å². The summed E-state index contributed by atoms with van der Waals surface area (Å²) in [6.45, 7) is 1.87. The van der Waals surface area contributed by atoms with Crippen molar-refractivity contribution in [2.24, 2.45) is 0 Å². The van der Waals surface area contributed by atoms with Crippen LogP contribution in [-0.2, 0) is 16.5 Å². The summed E-state index contributed by atoms with van der Waals surface area (Å²) in [7, 11) is -4.21. The lowest BCUT2D eigenvalue weighted by Gasteiger charge is -2.05. The number of benzene rings is 2. The molecule has 1 aromatic heterocycles. The molecule has 6 heteroatoms.